The van der Waals surface area contributed by atoms with Gasteiger partial charge in [-0.15, -0.1) is 0 Å². The van der Waals surface area contributed by atoms with Crippen LogP contribution in [0, 0.1) is 0 Å². The molecule has 0 atom stereocenters. The van der Waals surface area contributed by atoms with E-state index in [4.69, 9.17) is 0 Å². The van der Waals surface area contributed by atoms with Gasteiger partial charge in [-0.25, -0.2) is 0 Å². The van der Waals surface area contributed by atoms with Gasteiger partial charge < -0.3 is 9.24 Å². The molecule has 0 nitrogen and oxygen atoms in total. The molecule has 0 spiro atoms. The summed E-state index contributed by atoms with van der Waals surface area (Å²) in [4.78, 5) is 0. The summed E-state index contributed by atoms with van der Waals surface area (Å²) in [6.45, 7) is 0. The molecule has 0 fully saturated rings. The van der Waals surface area contributed by atoms with E-state index in [0.717, 1.165) is 5.30 Å². The van der Waals surface area contributed by atoms with Crippen LogP contribution in [-0.2, 0) is 0 Å². The third-order valence-electron chi connectivity index (χ3n) is 2.01. The van der Waals surface area contributed by atoms with Crippen LogP contribution < -0.4 is 24.2 Å². The Hall–Kier alpha value is -0.533. The minimum absolute atomic E-state index is 0. The van der Waals surface area contributed by atoms with Crippen molar-refractivity contribution in [3.63, 3.8) is 0 Å². The first-order chi connectivity index (χ1) is 6.38. The van der Waals surface area contributed by atoms with Gasteiger partial charge in [-0.1, -0.05) is 54.6 Å². The Bertz CT molecular complexity index is 398. The average Bonchev–Trinajstić information content (AvgIpc) is 2.20. The molecule has 0 aliphatic heterocycles. The van der Waals surface area contributed by atoms with Crippen LogP contribution in [0.15, 0.2) is 54.6 Å². The Kier molecular flexibility index (Phi) is 4.43. The maximum absolute atomic E-state index is 3.58. The van der Waals surface area contributed by atoms with E-state index in [2.05, 4.69) is 33.5 Å². The molecule has 0 aromatic heterocycles. The molecule has 0 aliphatic rings. The molecular formula is C12H10LiP. The molecular weight excluding hydrogens is 182 g/mol. The summed E-state index contributed by atoms with van der Waals surface area (Å²) >= 11 is 0. The van der Waals surface area contributed by atoms with Crippen molar-refractivity contribution in [2.45, 2.75) is 0 Å². The Labute approximate surface area is 99.1 Å². The number of rotatable bonds is 1. The van der Waals surface area contributed by atoms with Gasteiger partial charge in [-0.2, -0.15) is 5.30 Å². The van der Waals surface area contributed by atoms with Gasteiger partial charge in [-0.05, 0) is 11.1 Å². The van der Waals surface area contributed by atoms with Gasteiger partial charge in [-0.3, -0.25) is 0 Å². The molecule has 0 saturated heterocycles. The van der Waals surface area contributed by atoms with Crippen molar-refractivity contribution < 1.29 is 18.9 Å². The molecule has 0 N–H and O–H groups in total. The first kappa shape index (κ1) is 11.5. The van der Waals surface area contributed by atoms with Crippen LogP contribution in [0.4, 0.5) is 0 Å². The van der Waals surface area contributed by atoms with Gasteiger partial charge in [0.2, 0.25) is 0 Å². The predicted molar refractivity (Wildman–Crippen MR) is 59.8 cm³/mol. The smallest absolute Gasteiger partial charge is 0.524 e. The van der Waals surface area contributed by atoms with Gasteiger partial charge in [0.15, 0.2) is 0 Å². The number of hydrogen-bond acceptors (Lipinski definition) is 0. The summed E-state index contributed by atoms with van der Waals surface area (Å²) in [6, 6.07) is 18.6. The third-order valence-corrected chi connectivity index (χ3v) is 2.45. The summed E-state index contributed by atoms with van der Waals surface area (Å²) in [7, 11) is 3.58. The zero-order valence-corrected chi connectivity index (χ0v) is 9.20. The Morgan fingerprint density at radius 3 is 1.93 bits per heavy atom. The second-order valence-electron chi connectivity index (χ2n) is 2.91. The van der Waals surface area contributed by atoms with Gasteiger partial charge in [0.1, 0.15) is 0 Å². The normalized spacial score (nSPS) is 9.21. The van der Waals surface area contributed by atoms with E-state index >= 15 is 0 Å². The summed E-state index contributed by atoms with van der Waals surface area (Å²) < 4.78 is 0. The molecule has 0 radical (unpaired) electrons. The van der Waals surface area contributed by atoms with Crippen molar-refractivity contribution in [3.05, 3.63) is 54.6 Å². The van der Waals surface area contributed by atoms with E-state index in [1.807, 2.05) is 30.3 Å². The van der Waals surface area contributed by atoms with E-state index in [-0.39, 0.29) is 18.9 Å². The van der Waals surface area contributed by atoms with E-state index in [0.29, 0.717) is 0 Å². The van der Waals surface area contributed by atoms with Crippen LogP contribution in [0.2, 0.25) is 0 Å². The average molecular weight is 192 g/mol. The molecule has 0 unspecified atom stereocenters. The fraction of sp³-hybridized carbons (Fsp3) is 0. The molecule has 0 heterocycles. The van der Waals surface area contributed by atoms with Gasteiger partial charge in [0, 0.05) is 0 Å². The van der Waals surface area contributed by atoms with Crippen molar-refractivity contribution in [2.75, 3.05) is 0 Å². The summed E-state index contributed by atoms with van der Waals surface area (Å²) in [5, 5.41) is 1.13. The van der Waals surface area contributed by atoms with E-state index in [9.17, 15) is 0 Å². The van der Waals surface area contributed by atoms with E-state index < -0.39 is 0 Å². The molecule has 2 aromatic carbocycles. The fourth-order valence-electron chi connectivity index (χ4n) is 1.35. The second kappa shape index (κ2) is 5.37. The summed E-state index contributed by atoms with van der Waals surface area (Å²) in [6.07, 6.45) is 0. The van der Waals surface area contributed by atoms with Crippen molar-refractivity contribution in [1.82, 2.24) is 0 Å². The third kappa shape index (κ3) is 2.49. The van der Waals surface area contributed by atoms with Crippen LogP contribution in [0.3, 0.4) is 0 Å². The van der Waals surface area contributed by atoms with Crippen molar-refractivity contribution in [3.8, 4) is 11.1 Å². The molecule has 2 heteroatoms. The van der Waals surface area contributed by atoms with Crippen molar-refractivity contribution >= 4 is 14.5 Å². The summed E-state index contributed by atoms with van der Waals surface area (Å²) in [5.41, 5.74) is 2.48. The topological polar surface area (TPSA) is 0 Å². The molecule has 2 aromatic rings. The van der Waals surface area contributed by atoms with E-state index in [1.165, 1.54) is 11.1 Å². The quantitative estimate of drug-likeness (QED) is 0.445. The van der Waals surface area contributed by atoms with Crippen molar-refractivity contribution in [2.24, 2.45) is 0 Å². The first-order valence-electron chi connectivity index (χ1n) is 4.24. The summed E-state index contributed by atoms with van der Waals surface area (Å²) in [5.74, 6) is 0. The molecule has 0 amide bonds. The first-order valence-corrected chi connectivity index (χ1v) is 4.74. The van der Waals surface area contributed by atoms with Gasteiger partial charge in [0.05, 0.1) is 0 Å². The van der Waals surface area contributed by atoms with Crippen molar-refractivity contribution in [1.29, 1.82) is 0 Å². The Balaban J connectivity index is 0.000000980. The standard InChI is InChI=1S/C12H10P.Li/c13-12-9-5-4-8-11(12)10-6-2-1-3-7-10;/h1-9,13H;/q-1;+1. The largest absolute Gasteiger partial charge is 1.00 e. The van der Waals surface area contributed by atoms with Gasteiger partial charge in [0.25, 0.3) is 0 Å². The second-order valence-corrected chi connectivity index (χ2v) is 3.45. The Morgan fingerprint density at radius 1 is 0.714 bits per heavy atom. The Morgan fingerprint density at radius 2 is 1.29 bits per heavy atom. The molecule has 14 heavy (non-hydrogen) atoms. The molecule has 0 aliphatic carbocycles. The minimum Gasteiger partial charge on any atom is -0.524 e. The maximum Gasteiger partial charge on any atom is 1.00 e. The monoisotopic (exact) mass is 192 g/mol. The maximum atomic E-state index is 3.58. The van der Waals surface area contributed by atoms with Crippen LogP contribution in [0.25, 0.3) is 11.1 Å². The SMILES string of the molecule is [Li+].[PH-]c1ccccc1-c1ccccc1. The number of hydrogen-bond donors (Lipinski definition) is 0. The van der Waals surface area contributed by atoms with Crippen LogP contribution in [0.1, 0.15) is 0 Å². The number of benzene rings is 2. The van der Waals surface area contributed by atoms with Gasteiger partial charge >= 0.3 is 18.9 Å². The molecule has 64 valence electrons. The van der Waals surface area contributed by atoms with E-state index in [1.54, 1.807) is 0 Å². The van der Waals surface area contributed by atoms with Crippen LogP contribution in [-0.4, -0.2) is 0 Å². The molecule has 2 rings (SSSR count). The van der Waals surface area contributed by atoms with Crippen LogP contribution >= 0.6 is 9.24 Å². The molecule has 0 saturated carbocycles. The van der Waals surface area contributed by atoms with Crippen LogP contribution in [0.5, 0.6) is 0 Å². The molecule has 0 bridgehead atoms. The fourth-order valence-corrected chi connectivity index (χ4v) is 1.68. The zero-order chi connectivity index (χ0) is 9.10. The predicted octanol–water partition coefficient (Wildman–Crippen LogP) is 0.126. The zero-order valence-electron chi connectivity index (χ0n) is 8.20. The minimum atomic E-state index is 0.